The number of benzene rings is 3. The number of hydrogen-bond acceptors (Lipinski definition) is 2. The molecule has 0 N–H and O–H groups in total. The minimum atomic E-state index is -0.338. The van der Waals surface area contributed by atoms with Gasteiger partial charge in [0.05, 0.1) is 0 Å². The molecule has 1 heterocycles. The Kier molecular flexibility index (Phi) is 3.28. The molecule has 3 aromatic carbocycles. The number of fused-ring (bicyclic) bond motifs is 1. The van der Waals surface area contributed by atoms with E-state index in [2.05, 4.69) is 12.1 Å². The van der Waals surface area contributed by atoms with Gasteiger partial charge in [-0.05, 0) is 34.0 Å². The standard InChI is InChI=1S/C21H14O2/c22-21-14-19(15-6-2-1-3-7-15)13-20(23-21)18-11-10-16-8-4-5-9-17(16)12-18/h1-14H. The van der Waals surface area contributed by atoms with Gasteiger partial charge >= 0.3 is 5.63 Å². The molecule has 0 bridgehead atoms. The van der Waals surface area contributed by atoms with Crippen LogP contribution in [0, 0.1) is 0 Å². The first kappa shape index (κ1) is 13.5. The van der Waals surface area contributed by atoms with Gasteiger partial charge in [-0.2, -0.15) is 0 Å². The lowest BCUT2D eigenvalue weighted by Crippen LogP contribution is -1.98. The normalized spacial score (nSPS) is 10.8. The predicted molar refractivity (Wildman–Crippen MR) is 93.4 cm³/mol. The third-order valence-corrected chi connectivity index (χ3v) is 3.91. The maximum Gasteiger partial charge on any atom is 0.336 e. The average molecular weight is 298 g/mol. The Hall–Kier alpha value is -3.13. The van der Waals surface area contributed by atoms with Gasteiger partial charge in [0.2, 0.25) is 0 Å². The van der Waals surface area contributed by atoms with E-state index in [0.29, 0.717) is 5.76 Å². The van der Waals surface area contributed by atoms with Crippen LogP contribution in [0.2, 0.25) is 0 Å². The Balaban J connectivity index is 1.87. The average Bonchev–Trinajstić information content (AvgIpc) is 2.61. The quantitative estimate of drug-likeness (QED) is 0.513. The highest BCUT2D eigenvalue weighted by molar-refractivity contribution is 5.86. The zero-order valence-electron chi connectivity index (χ0n) is 12.4. The first-order chi connectivity index (χ1) is 11.3. The topological polar surface area (TPSA) is 30.2 Å². The molecular weight excluding hydrogens is 284 g/mol. The van der Waals surface area contributed by atoms with Crippen LogP contribution in [-0.2, 0) is 0 Å². The highest BCUT2D eigenvalue weighted by atomic mass is 16.4. The van der Waals surface area contributed by atoms with E-state index in [9.17, 15) is 4.79 Å². The first-order valence-corrected chi connectivity index (χ1v) is 7.49. The summed E-state index contributed by atoms with van der Waals surface area (Å²) in [6.45, 7) is 0. The van der Waals surface area contributed by atoms with E-state index in [-0.39, 0.29) is 5.63 Å². The monoisotopic (exact) mass is 298 g/mol. The largest absolute Gasteiger partial charge is 0.423 e. The highest BCUT2D eigenvalue weighted by Crippen LogP contribution is 2.27. The Morgan fingerprint density at radius 3 is 2.13 bits per heavy atom. The summed E-state index contributed by atoms with van der Waals surface area (Å²) in [6.07, 6.45) is 0. The molecule has 4 rings (SSSR count). The van der Waals surface area contributed by atoms with Crippen LogP contribution >= 0.6 is 0 Å². The van der Waals surface area contributed by atoms with Crippen molar-refractivity contribution >= 4 is 10.8 Å². The second-order valence-corrected chi connectivity index (χ2v) is 5.46. The lowest BCUT2D eigenvalue weighted by atomic mass is 10.0. The van der Waals surface area contributed by atoms with E-state index in [0.717, 1.165) is 27.5 Å². The maximum absolute atomic E-state index is 12.0. The molecule has 110 valence electrons. The van der Waals surface area contributed by atoms with Crippen LogP contribution in [0.15, 0.2) is 94.1 Å². The van der Waals surface area contributed by atoms with E-state index in [1.54, 1.807) is 0 Å². The van der Waals surface area contributed by atoms with Crippen LogP contribution in [0.1, 0.15) is 0 Å². The van der Waals surface area contributed by atoms with Crippen LogP contribution < -0.4 is 5.63 Å². The molecule has 0 saturated carbocycles. The third kappa shape index (κ3) is 2.67. The Morgan fingerprint density at radius 2 is 1.30 bits per heavy atom. The van der Waals surface area contributed by atoms with E-state index in [1.165, 1.54) is 6.07 Å². The summed E-state index contributed by atoms with van der Waals surface area (Å²) in [5.41, 5.74) is 2.43. The van der Waals surface area contributed by atoms with E-state index in [1.807, 2.05) is 66.7 Å². The molecule has 0 aliphatic rings. The molecule has 23 heavy (non-hydrogen) atoms. The minimum absolute atomic E-state index is 0.338. The van der Waals surface area contributed by atoms with Crippen molar-refractivity contribution in [3.63, 3.8) is 0 Å². The van der Waals surface area contributed by atoms with Crippen LogP contribution in [0.4, 0.5) is 0 Å². The minimum Gasteiger partial charge on any atom is -0.423 e. The van der Waals surface area contributed by atoms with Gasteiger partial charge < -0.3 is 4.42 Å². The smallest absolute Gasteiger partial charge is 0.336 e. The van der Waals surface area contributed by atoms with Crippen molar-refractivity contribution in [2.75, 3.05) is 0 Å². The van der Waals surface area contributed by atoms with Crippen molar-refractivity contribution in [3.8, 4) is 22.5 Å². The molecule has 0 radical (unpaired) electrons. The first-order valence-electron chi connectivity index (χ1n) is 7.49. The predicted octanol–water partition coefficient (Wildman–Crippen LogP) is 5.13. The van der Waals surface area contributed by atoms with Gasteiger partial charge in [0.25, 0.3) is 0 Å². The van der Waals surface area contributed by atoms with Crippen LogP contribution in [0.5, 0.6) is 0 Å². The summed E-state index contributed by atoms with van der Waals surface area (Å²) >= 11 is 0. The van der Waals surface area contributed by atoms with Crippen molar-refractivity contribution in [2.24, 2.45) is 0 Å². The molecule has 1 aromatic heterocycles. The summed E-state index contributed by atoms with van der Waals surface area (Å²) in [5, 5.41) is 2.29. The number of rotatable bonds is 2. The summed E-state index contributed by atoms with van der Waals surface area (Å²) in [4.78, 5) is 12.0. The summed E-state index contributed by atoms with van der Waals surface area (Å²) < 4.78 is 5.42. The molecular formula is C21H14O2. The fourth-order valence-electron chi connectivity index (χ4n) is 2.76. The third-order valence-electron chi connectivity index (χ3n) is 3.91. The number of hydrogen-bond donors (Lipinski definition) is 0. The molecule has 2 heteroatoms. The lowest BCUT2D eigenvalue weighted by molar-refractivity contribution is 0.526. The van der Waals surface area contributed by atoms with Gasteiger partial charge in [-0.25, -0.2) is 4.79 Å². The maximum atomic E-state index is 12.0. The van der Waals surface area contributed by atoms with Crippen molar-refractivity contribution in [3.05, 3.63) is 95.3 Å². The molecule has 0 aliphatic carbocycles. The summed E-state index contributed by atoms with van der Waals surface area (Å²) in [5.74, 6) is 0.585. The molecule has 0 amide bonds. The second kappa shape index (κ2) is 5.58. The summed E-state index contributed by atoms with van der Waals surface area (Å²) in [7, 11) is 0. The van der Waals surface area contributed by atoms with Crippen LogP contribution in [0.3, 0.4) is 0 Å². The fraction of sp³-hybridized carbons (Fsp3) is 0. The van der Waals surface area contributed by atoms with Crippen molar-refractivity contribution in [1.82, 2.24) is 0 Å². The van der Waals surface area contributed by atoms with Crippen molar-refractivity contribution in [2.45, 2.75) is 0 Å². The molecule has 0 spiro atoms. The van der Waals surface area contributed by atoms with Gasteiger partial charge in [0.1, 0.15) is 5.76 Å². The molecule has 2 nitrogen and oxygen atoms in total. The van der Waals surface area contributed by atoms with Crippen molar-refractivity contribution in [1.29, 1.82) is 0 Å². The van der Waals surface area contributed by atoms with Crippen LogP contribution in [0.25, 0.3) is 33.2 Å². The lowest BCUT2D eigenvalue weighted by Gasteiger charge is -2.06. The van der Waals surface area contributed by atoms with E-state index < -0.39 is 0 Å². The molecule has 4 aromatic rings. The van der Waals surface area contributed by atoms with Crippen molar-refractivity contribution < 1.29 is 4.42 Å². The van der Waals surface area contributed by atoms with Gasteiger partial charge in [0.15, 0.2) is 0 Å². The Labute approximate surface area is 133 Å². The van der Waals surface area contributed by atoms with Crippen LogP contribution in [-0.4, -0.2) is 0 Å². The summed E-state index contributed by atoms with van der Waals surface area (Å²) in [6, 6.07) is 27.5. The molecule has 0 atom stereocenters. The van der Waals surface area contributed by atoms with E-state index in [4.69, 9.17) is 4.42 Å². The zero-order valence-corrected chi connectivity index (χ0v) is 12.4. The Bertz CT molecular complexity index is 1030. The Morgan fingerprint density at radius 1 is 0.565 bits per heavy atom. The molecule has 0 saturated heterocycles. The fourth-order valence-corrected chi connectivity index (χ4v) is 2.76. The van der Waals surface area contributed by atoms with E-state index >= 15 is 0 Å². The van der Waals surface area contributed by atoms with Gasteiger partial charge in [-0.1, -0.05) is 66.7 Å². The second-order valence-electron chi connectivity index (χ2n) is 5.46. The SMILES string of the molecule is O=c1cc(-c2ccccc2)cc(-c2ccc3ccccc3c2)o1. The molecule has 0 aliphatic heterocycles. The van der Waals surface area contributed by atoms with Gasteiger partial charge in [-0.15, -0.1) is 0 Å². The van der Waals surface area contributed by atoms with Gasteiger partial charge in [-0.3, -0.25) is 0 Å². The molecule has 0 unspecified atom stereocenters. The zero-order chi connectivity index (χ0) is 15.6. The molecule has 0 fully saturated rings. The van der Waals surface area contributed by atoms with Gasteiger partial charge in [0, 0.05) is 11.6 Å². The highest BCUT2D eigenvalue weighted by Gasteiger charge is 2.07.